The highest BCUT2D eigenvalue weighted by atomic mass is 32.1. The average Bonchev–Trinajstić information content (AvgIpc) is 2.09. The monoisotopic (exact) mass is 192 g/mol. The van der Waals surface area contributed by atoms with Crippen LogP contribution in [0, 0.1) is 0 Å². The molecule has 0 aliphatic heterocycles. The molecule has 0 aliphatic carbocycles. The summed E-state index contributed by atoms with van der Waals surface area (Å²) in [5.41, 5.74) is 2.64. The van der Waals surface area contributed by atoms with Crippen molar-refractivity contribution in [3.8, 4) is 5.75 Å². The number of thiol groups is 1. The Bertz CT molecular complexity index is 367. The van der Waals surface area contributed by atoms with E-state index in [0.717, 1.165) is 16.7 Å². The SMILES string of the molecule is C=Cc1cc(C(=C)C)cc(O)c1S. The fraction of sp³-hybridized carbons (Fsp3) is 0.0909. The molecule has 1 nitrogen and oxygen atoms in total. The Morgan fingerprint density at radius 1 is 1.54 bits per heavy atom. The second-order valence-electron chi connectivity index (χ2n) is 2.92. The number of hydrogen-bond donors (Lipinski definition) is 2. The highest BCUT2D eigenvalue weighted by Crippen LogP contribution is 2.30. The van der Waals surface area contributed by atoms with E-state index in [9.17, 15) is 5.11 Å². The largest absolute Gasteiger partial charge is 0.507 e. The minimum atomic E-state index is 0.165. The molecule has 0 fully saturated rings. The lowest BCUT2D eigenvalue weighted by Crippen LogP contribution is -1.83. The van der Waals surface area contributed by atoms with Crippen LogP contribution in [-0.4, -0.2) is 5.11 Å². The summed E-state index contributed by atoms with van der Waals surface area (Å²) < 4.78 is 0. The van der Waals surface area contributed by atoms with Gasteiger partial charge in [-0.2, -0.15) is 0 Å². The first-order chi connectivity index (χ1) is 6.06. The maximum Gasteiger partial charge on any atom is 0.130 e. The quantitative estimate of drug-likeness (QED) is 0.688. The van der Waals surface area contributed by atoms with Crippen LogP contribution in [0.2, 0.25) is 0 Å². The van der Waals surface area contributed by atoms with Gasteiger partial charge in [0.25, 0.3) is 0 Å². The number of rotatable bonds is 2. The van der Waals surface area contributed by atoms with Crippen LogP contribution in [0.15, 0.2) is 30.2 Å². The first-order valence-electron chi connectivity index (χ1n) is 3.90. The van der Waals surface area contributed by atoms with Crippen LogP contribution in [-0.2, 0) is 0 Å². The zero-order valence-electron chi connectivity index (χ0n) is 7.54. The van der Waals surface area contributed by atoms with Crippen molar-refractivity contribution < 1.29 is 5.11 Å². The lowest BCUT2D eigenvalue weighted by Gasteiger charge is -2.06. The first-order valence-corrected chi connectivity index (χ1v) is 4.35. The maximum absolute atomic E-state index is 9.50. The molecule has 0 saturated carbocycles. The summed E-state index contributed by atoms with van der Waals surface area (Å²) in [7, 11) is 0. The van der Waals surface area contributed by atoms with Gasteiger partial charge in [-0.25, -0.2) is 0 Å². The highest BCUT2D eigenvalue weighted by molar-refractivity contribution is 7.80. The zero-order chi connectivity index (χ0) is 10.0. The average molecular weight is 192 g/mol. The van der Waals surface area contributed by atoms with Crippen LogP contribution >= 0.6 is 12.6 Å². The molecule has 0 saturated heterocycles. The van der Waals surface area contributed by atoms with Crippen LogP contribution in [0.3, 0.4) is 0 Å². The molecule has 0 radical (unpaired) electrons. The minimum absolute atomic E-state index is 0.165. The summed E-state index contributed by atoms with van der Waals surface area (Å²) in [6.45, 7) is 9.33. The van der Waals surface area contributed by atoms with E-state index >= 15 is 0 Å². The van der Waals surface area contributed by atoms with Crippen molar-refractivity contribution in [2.45, 2.75) is 11.8 Å². The van der Waals surface area contributed by atoms with E-state index in [0.29, 0.717) is 4.90 Å². The molecule has 68 valence electrons. The van der Waals surface area contributed by atoms with Crippen molar-refractivity contribution in [1.82, 2.24) is 0 Å². The molecule has 0 aliphatic rings. The molecular weight excluding hydrogens is 180 g/mol. The summed E-state index contributed by atoms with van der Waals surface area (Å²) in [4.78, 5) is 0.556. The first kappa shape index (κ1) is 9.93. The topological polar surface area (TPSA) is 20.2 Å². The number of allylic oxidation sites excluding steroid dienone is 1. The van der Waals surface area contributed by atoms with Gasteiger partial charge in [-0.1, -0.05) is 24.8 Å². The van der Waals surface area contributed by atoms with E-state index in [1.54, 1.807) is 12.1 Å². The van der Waals surface area contributed by atoms with Gasteiger partial charge in [0, 0.05) is 0 Å². The number of aromatic hydroxyl groups is 1. The van der Waals surface area contributed by atoms with E-state index in [-0.39, 0.29) is 5.75 Å². The normalized spacial score (nSPS) is 9.69. The molecule has 1 aromatic carbocycles. The van der Waals surface area contributed by atoms with Crippen LogP contribution in [0.4, 0.5) is 0 Å². The lowest BCUT2D eigenvalue weighted by atomic mass is 10.0. The Morgan fingerprint density at radius 2 is 2.15 bits per heavy atom. The van der Waals surface area contributed by atoms with E-state index in [4.69, 9.17) is 0 Å². The molecule has 0 amide bonds. The van der Waals surface area contributed by atoms with Gasteiger partial charge in [-0.05, 0) is 30.2 Å². The summed E-state index contributed by atoms with van der Waals surface area (Å²) in [5, 5.41) is 9.50. The molecule has 2 heteroatoms. The van der Waals surface area contributed by atoms with Crippen LogP contribution < -0.4 is 0 Å². The van der Waals surface area contributed by atoms with Gasteiger partial charge in [-0.15, -0.1) is 12.6 Å². The summed E-state index contributed by atoms with van der Waals surface area (Å²) >= 11 is 4.16. The van der Waals surface area contributed by atoms with Crippen LogP contribution in [0.5, 0.6) is 5.75 Å². The Kier molecular flexibility index (Phi) is 2.83. The van der Waals surface area contributed by atoms with Crippen LogP contribution in [0.1, 0.15) is 18.1 Å². The van der Waals surface area contributed by atoms with Gasteiger partial charge in [0.1, 0.15) is 5.75 Å². The standard InChI is InChI=1S/C11H12OS/c1-4-8-5-9(7(2)3)6-10(12)11(8)13/h4-6,12-13H,1-2H2,3H3. The van der Waals surface area contributed by atoms with Gasteiger partial charge < -0.3 is 5.11 Å². The summed E-state index contributed by atoms with van der Waals surface area (Å²) in [6, 6.07) is 3.55. The Hall–Kier alpha value is -1.15. The molecule has 0 atom stereocenters. The van der Waals surface area contributed by atoms with Crippen molar-refractivity contribution >= 4 is 24.3 Å². The molecule has 1 aromatic rings. The highest BCUT2D eigenvalue weighted by Gasteiger charge is 2.04. The molecule has 1 N–H and O–H groups in total. The molecule has 1 rings (SSSR count). The van der Waals surface area contributed by atoms with Crippen LogP contribution in [0.25, 0.3) is 11.6 Å². The van der Waals surface area contributed by atoms with Gasteiger partial charge >= 0.3 is 0 Å². The molecule has 13 heavy (non-hydrogen) atoms. The predicted octanol–water partition coefficient (Wildman–Crippen LogP) is 3.36. The lowest BCUT2D eigenvalue weighted by molar-refractivity contribution is 0.462. The van der Waals surface area contributed by atoms with E-state index in [1.807, 2.05) is 13.0 Å². The fourth-order valence-electron chi connectivity index (χ4n) is 1.04. The predicted molar refractivity (Wildman–Crippen MR) is 60.2 cm³/mol. The molecule has 0 aromatic heterocycles. The van der Waals surface area contributed by atoms with Crippen molar-refractivity contribution in [3.05, 3.63) is 36.4 Å². The smallest absolute Gasteiger partial charge is 0.130 e. The summed E-state index contributed by atoms with van der Waals surface area (Å²) in [6.07, 6.45) is 1.66. The maximum atomic E-state index is 9.50. The van der Waals surface area contributed by atoms with E-state index < -0.39 is 0 Å². The number of benzene rings is 1. The van der Waals surface area contributed by atoms with Crippen molar-refractivity contribution in [2.24, 2.45) is 0 Å². The van der Waals surface area contributed by atoms with Crippen molar-refractivity contribution in [1.29, 1.82) is 0 Å². The third kappa shape index (κ3) is 1.95. The van der Waals surface area contributed by atoms with Crippen molar-refractivity contribution in [2.75, 3.05) is 0 Å². The Morgan fingerprint density at radius 3 is 2.62 bits per heavy atom. The van der Waals surface area contributed by atoms with Gasteiger partial charge in [0.05, 0.1) is 4.90 Å². The zero-order valence-corrected chi connectivity index (χ0v) is 8.44. The molecule has 0 heterocycles. The summed E-state index contributed by atoms with van der Waals surface area (Å²) in [5.74, 6) is 0.165. The van der Waals surface area contributed by atoms with Crippen molar-refractivity contribution in [3.63, 3.8) is 0 Å². The minimum Gasteiger partial charge on any atom is -0.507 e. The van der Waals surface area contributed by atoms with Gasteiger partial charge in [-0.3, -0.25) is 0 Å². The molecule has 0 unspecified atom stereocenters. The van der Waals surface area contributed by atoms with E-state index in [2.05, 4.69) is 25.8 Å². The molecular formula is C11H12OS. The Labute approximate surface area is 83.8 Å². The second-order valence-corrected chi connectivity index (χ2v) is 3.36. The number of hydrogen-bond acceptors (Lipinski definition) is 2. The number of phenolic OH excluding ortho intramolecular Hbond substituents is 1. The van der Waals surface area contributed by atoms with E-state index in [1.165, 1.54) is 0 Å². The fourth-order valence-corrected chi connectivity index (χ4v) is 1.26. The van der Waals surface area contributed by atoms with Gasteiger partial charge in [0.2, 0.25) is 0 Å². The second kappa shape index (κ2) is 3.71. The third-order valence-corrected chi connectivity index (χ3v) is 2.32. The third-order valence-electron chi connectivity index (χ3n) is 1.83. The molecule has 0 spiro atoms. The number of phenols is 1. The van der Waals surface area contributed by atoms with Gasteiger partial charge in [0.15, 0.2) is 0 Å². The Balaban J connectivity index is 3.38. The molecule has 0 bridgehead atoms.